The van der Waals surface area contributed by atoms with Crippen LogP contribution in [0.15, 0.2) is 53.6 Å². The van der Waals surface area contributed by atoms with Gasteiger partial charge in [-0.1, -0.05) is 18.2 Å². The Balaban J connectivity index is 2.03. The van der Waals surface area contributed by atoms with Crippen LogP contribution in [-0.4, -0.2) is 46.6 Å². The summed E-state index contributed by atoms with van der Waals surface area (Å²) in [5.41, 5.74) is 2.22. The van der Waals surface area contributed by atoms with Gasteiger partial charge < -0.3 is 4.74 Å². The van der Waals surface area contributed by atoms with Crippen molar-refractivity contribution in [2.75, 3.05) is 24.3 Å². The number of sulfonamides is 2. The van der Waals surface area contributed by atoms with E-state index in [9.17, 15) is 16.8 Å². The summed E-state index contributed by atoms with van der Waals surface area (Å²) >= 11 is 0. The number of benzene rings is 2. The minimum Gasteiger partial charge on any atom is -0.497 e. The van der Waals surface area contributed by atoms with E-state index in [0.29, 0.717) is 29.1 Å². The summed E-state index contributed by atoms with van der Waals surface area (Å²) in [7, 11) is -5.63. The van der Waals surface area contributed by atoms with Crippen LogP contribution in [0.5, 0.6) is 5.75 Å². The van der Waals surface area contributed by atoms with Crippen LogP contribution in [0.2, 0.25) is 0 Å². The number of hydrazone groups is 1. The van der Waals surface area contributed by atoms with E-state index < -0.39 is 26.1 Å². The average Bonchev–Trinajstić information content (AvgIpc) is 3.06. The number of nitrogens with one attached hydrogen (secondary N) is 1. The van der Waals surface area contributed by atoms with Gasteiger partial charge in [-0.3, -0.25) is 4.72 Å². The predicted octanol–water partition coefficient (Wildman–Crippen LogP) is 2.18. The van der Waals surface area contributed by atoms with Crippen molar-refractivity contribution in [3.8, 4) is 5.75 Å². The summed E-state index contributed by atoms with van der Waals surface area (Å²) in [6.07, 6.45) is 2.43. The second-order valence-electron chi connectivity index (χ2n) is 6.49. The van der Waals surface area contributed by atoms with E-state index >= 15 is 0 Å². The summed E-state index contributed by atoms with van der Waals surface area (Å²) in [5, 5.41) is 4.32. The summed E-state index contributed by atoms with van der Waals surface area (Å²) in [6.45, 7) is 0. The van der Waals surface area contributed by atoms with Crippen LogP contribution in [0.25, 0.3) is 0 Å². The number of hydrogen-bond acceptors (Lipinski definition) is 6. The van der Waals surface area contributed by atoms with Gasteiger partial charge in [0, 0.05) is 12.0 Å². The van der Waals surface area contributed by atoms with E-state index in [1.54, 1.807) is 55.6 Å². The molecule has 150 valence electrons. The SMILES string of the molecule is COc1ccc(C2=NN(S(C)(=O)=O)[C@H](c3ccccc3NS(C)(=O)=O)C2)cc1. The second-order valence-corrected chi connectivity index (χ2v) is 10.1. The van der Waals surface area contributed by atoms with E-state index in [2.05, 4.69) is 9.82 Å². The van der Waals surface area contributed by atoms with Gasteiger partial charge in [0.1, 0.15) is 5.75 Å². The van der Waals surface area contributed by atoms with E-state index in [1.165, 1.54) is 0 Å². The van der Waals surface area contributed by atoms with Gasteiger partial charge in [-0.15, -0.1) is 0 Å². The molecule has 0 bridgehead atoms. The third-order valence-corrected chi connectivity index (χ3v) is 5.86. The lowest BCUT2D eigenvalue weighted by Gasteiger charge is -2.23. The molecular weight excluding hydrogens is 402 g/mol. The van der Waals surface area contributed by atoms with Crippen molar-refractivity contribution in [3.63, 3.8) is 0 Å². The molecule has 0 saturated heterocycles. The molecule has 0 aromatic heterocycles. The number of rotatable bonds is 6. The fraction of sp³-hybridized carbons (Fsp3) is 0.278. The van der Waals surface area contributed by atoms with Gasteiger partial charge in [0.15, 0.2) is 0 Å². The van der Waals surface area contributed by atoms with Crippen molar-refractivity contribution in [3.05, 3.63) is 59.7 Å². The van der Waals surface area contributed by atoms with Crippen molar-refractivity contribution < 1.29 is 21.6 Å². The van der Waals surface area contributed by atoms with Gasteiger partial charge in [0.2, 0.25) is 20.0 Å². The average molecular weight is 424 g/mol. The molecule has 8 nitrogen and oxygen atoms in total. The molecule has 1 aliphatic heterocycles. The molecule has 28 heavy (non-hydrogen) atoms. The molecule has 1 atom stereocenters. The highest BCUT2D eigenvalue weighted by molar-refractivity contribution is 7.92. The molecule has 0 fully saturated rings. The Kier molecular flexibility index (Phi) is 5.35. The quantitative estimate of drug-likeness (QED) is 0.767. The molecule has 0 spiro atoms. The summed E-state index contributed by atoms with van der Waals surface area (Å²) in [5.74, 6) is 0.682. The van der Waals surface area contributed by atoms with Crippen LogP contribution in [0.4, 0.5) is 5.69 Å². The Labute approximate surface area is 164 Å². The highest BCUT2D eigenvalue weighted by atomic mass is 32.2. The lowest BCUT2D eigenvalue weighted by Crippen LogP contribution is -2.27. The normalized spacial score (nSPS) is 17.3. The molecule has 0 radical (unpaired) electrons. The van der Waals surface area contributed by atoms with Crippen LogP contribution < -0.4 is 9.46 Å². The van der Waals surface area contributed by atoms with Gasteiger partial charge in [0.05, 0.1) is 37.1 Å². The first-order chi connectivity index (χ1) is 13.1. The summed E-state index contributed by atoms with van der Waals surface area (Å²) in [6, 6.07) is 13.2. The Morgan fingerprint density at radius 3 is 2.25 bits per heavy atom. The monoisotopic (exact) mass is 423 g/mol. The maximum atomic E-state index is 12.4. The maximum Gasteiger partial charge on any atom is 0.247 e. The zero-order valence-electron chi connectivity index (χ0n) is 15.7. The fourth-order valence-corrected chi connectivity index (χ4v) is 4.55. The molecule has 10 heteroatoms. The predicted molar refractivity (Wildman–Crippen MR) is 108 cm³/mol. The van der Waals surface area contributed by atoms with E-state index in [4.69, 9.17) is 4.74 Å². The Morgan fingerprint density at radius 2 is 1.68 bits per heavy atom. The Hall–Kier alpha value is -2.59. The number of ether oxygens (including phenoxy) is 1. The second kappa shape index (κ2) is 7.44. The number of para-hydroxylation sites is 1. The Bertz CT molecular complexity index is 1110. The molecule has 1 N–H and O–H groups in total. The first-order valence-corrected chi connectivity index (χ1v) is 12.1. The van der Waals surface area contributed by atoms with Crippen LogP contribution in [0.1, 0.15) is 23.6 Å². The van der Waals surface area contributed by atoms with Gasteiger partial charge in [-0.05, 0) is 35.9 Å². The zero-order chi connectivity index (χ0) is 20.5. The zero-order valence-corrected chi connectivity index (χ0v) is 17.3. The van der Waals surface area contributed by atoms with Crippen LogP contribution in [-0.2, 0) is 20.0 Å². The van der Waals surface area contributed by atoms with E-state index in [-0.39, 0.29) is 0 Å². The molecule has 0 saturated carbocycles. The van der Waals surface area contributed by atoms with Crippen molar-refractivity contribution in [2.45, 2.75) is 12.5 Å². The molecule has 1 heterocycles. The van der Waals surface area contributed by atoms with E-state index in [0.717, 1.165) is 22.5 Å². The van der Waals surface area contributed by atoms with Crippen LogP contribution >= 0.6 is 0 Å². The maximum absolute atomic E-state index is 12.4. The third-order valence-electron chi connectivity index (χ3n) is 4.25. The van der Waals surface area contributed by atoms with Crippen LogP contribution in [0.3, 0.4) is 0 Å². The largest absolute Gasteiger partial charge is 0.497 e. The number of anilines is 1. The molecule has 3 rings (SSSR count). The highest BCUT2D eigenvalue weighted by Gasteiger charge is 2.36. The minimum atomic E-state index is -3.67. The highest BCUT2D eigenvalue weighted by Crippen LogP contribution is 2.38. The van der Waals surface area contributed by atoms with Crippen molar-refractivity contribution in [2.24, 2.45) is 5.10 Å². The smallest absolute Gasteiger partial charge is 0.247 e. The number of hydrogen-bond donors (Lipinski definition) is 1. The van der Waals surface area contributed by atoms with Gasteiger partial charge in [0.25, 0.3) is 0 Å². The lowest BCUT2D eigenvalue weighted by molar-refractivity contribution is 0.375. The van der Waals surface area contributed by atoms with Crippen LogP contribution in [0, 0.1) is 0 Å². The molecule has 2 aromatic carbocycles. The fourth-order valence-electron chi connectivity index (χ4n) is 3.06. The topological polar surface area (TPSA) is 105 Å². The molecule has 0 aliphatic carbocycles. The summed E-state index contributed by atoms with van der Waals surface area (Å²) in [4.78, 5) is 0. The lowest BCUT2D eigenvalue weighted by atomic mass is 9.98. The van der Waals surface area contributed by atoms with Gasteiger partial charge >= 0.3 is 0 Å². The molecule has 2 aromatic rings. The molecule has 0 amide bonds. The van der Waals surface area contributed by atoms with Crippen molar-refractivity contribution in [1.29, 1.82) is 0 Å². The van der Waals surface area contributed by atoms with Gasteiger partial charge in [-0.25, -0.2) is 16.8 Å². The molecular formula is C18H21N3O5S2. The number of nitrogens with zero attached hydrogens (tertiary/aromatic N) is 2. The van der Waals surface area contributed by atoms with Gasteiger partial charge in [-0.2, -0.15) is 9.52 Å². The standard InChI is InChI=1S/C18H21N3O5S2/c1-26-14-10-8-13(9-11-14)17-12-18(21(19-17)28(3,24)25)15-6-4-5-7-16(15)20-27(2,22)23/h4-11,18,20H,12H2,1-3H3/t18-/m0/s1. The molecule has 0 unspecified atom stereocenters. The van der Waals surface area contributed by atoms with Crippen molar-refractivity contribution in [1.82, 2.24) is 4.41 Å². The summed E-state index contributed by atoms with van der Waals surface area (Å²) < 4.78 is 56.8. The Morgan fingerprint density at radius 1 is 1.04 bits per heavy atom. The number of methoxy groups -OCH3 is 1. The minimum absolute atomic E-state index is 0.307. The first kappa shape index (κ1) is 20.2. The van der Waals surface area contributed by atoms with E-state index in [1.807, 2.05) is 0 Å². The third kappa shape index (κ3) is 4.45. The van der Waals surface area contributed by atoms with Crippen molar-refractivity contribution >= 4 is 31.4 Å². The molecule has 1 aliphatic rings. The first-order valence-electron chi connectivity index (χ1n) is 8.36.